The van der Waals surface area contributed by atoms with Crippen molar-refractivity contribution in [1.29, 1.82) is 0 Å². The minimum atomic E-state index is -0.975. The van der Waals surface area contributed by atoms with Crippen LogP contribution in [0, 0.1) is 17.7 Å². The fourth-order valence-electron chi connectivity index (χ4n) is 3.75. The summed E-state index contributed by atoms with van der Waals surface area (Å²) < 4.78 is 18.2. The molecule has 0 bridgehead atoms. The third-order valence-corrected chi connectivity index (χ3v) is 5.21. The third kappa shape index (κ3) is 5.00. The second-order valence-corrected chi connectivity index (χ2v) is 7.22. The topological polar surface area (TPSA) is 122 Å². The third-order valence-electron chi connectivity index (χ3n) is 5.21. The molecule has 1 aromatic rings. The number of esters is 1. The molecule has 1 aliphatic heterocycles. The van der Waals surface area contributed by atoms with Gasteiger partial charge >= 0.3 is 12.0 Å². The van der Waals surface area contributed by atoms with Gasteiger partial charge in [-0.1, -0.05) is 25.0 Å². The van der Waals surface area contributed by atoms with Gasteiger partial charge in [0.25, 0.3) is 5.91 Å². The number of benzene rings is 1. The fourth-order valence-corrected chi connectivity index (χ4v) is 3.75. The molecule has 9 nitrogen and oxygen atoms in total. The van der Waals surface area contributed by atoms with Gasteiger partial charge in [0.05, 0.1) is 23.9 Å². The van der Waals surface area contributed by atoms with Crippen molar-refractivity contribution in [3.05, 3.63) is 30.1 Å². The van der Waals surface area contributed by atoms with Crippen LogP contribution in [0.15, 0.2) is 24.3 Å². The monoisotopic (exact) mass is 419 g/mol. The SMILES string of the molecule is O=C(COC(=O)CCN1C(=O)[C@H]2CCCC[C@H]2C1=O)NC(=O)Nc1ccccc1F. The van der Waals surface area contributed by atoms with Crippen LogP contribution in [0.25, 0.3) is 0 Å². The maximum absolute atomic E-state index is 13.5. The Bertz CT molecular complexity index is 850. The van der Waals surface area contributed by atoms with Crippen LogP contribution in [-0.2, 0) is 23.9 Å². The Morgan fingerprint density at radius 2 is 1.70 bits per heavy atom. The predicted octanol–water partition coefficient (Wildman–Crippen LogP) is 1.58. The Kier molecular flexibility index (Phi) is 6.76. The summed E-state index contributed by atoms with van der Waals surface area (Å²) in [6, 6.07) is 4.44. The molecule has 0 unspecified atom stereocenters. The zero-order valence-corrected chi connectivity index (χ0v) is 16.2. The molecule has 0 spiro atoms. The highest BCUT2D eigenvalue weighted by Crippen LogP contribution is 2.37. The van der Waals surface area contributed by atoms with Gasteiger partial charge in [-0.25, -0.2) is 9.18 Å². The van der Waals surface area contributed by atoms with E-state index in [2.05, 4.69) is 5.32 Å². The number of nitrogens with zero attached hydrogens (tertiary/aromatic N) is 1. The van der Waals surface area contributed by atoms with E-state index in [0.717, 1.165) is 23.8 Å². The molecule has 1 saturated carbocycles. The number of fused-ring (bicyclic) bond motifs is 1. The molecular formula is C20H22FN3O6. The summed E-state index contributed by atoms with van der Waals surface area (Å²) in [6.45, 7) is -0.824. The number of imide groups is 2. The van der Waals surface area contributed by atoms with E-state index in [1.165, 1.54) is 18.2 Å². The van der Waals surface area contributed by atoms with Gasteiger partial charge in [0.2, 0.25) is 11.8 Å². The summed E-state index contributed by atoms with van der Waals surface area (Å²) in [6.07, 6.45) is 2.95. The van der Waals surface area contributed by atoms with E-state index in [1.807, 2.05) is 5.32 Å². The number of hydrogen-bond donors (Lipinski definition) is 2. The Morgan fingerprint density at radius 3 is 2.33 bits per heavy atom. The quantitative estimate of drug-likeness (QED) is 0.533. The van der Waals surface area contributed by atoms with Crippen molar-refractivity contribution in [2.75, 3.05) is 18.5 Å². The highest BCUT2D eigenvalue weighted by Gasteiger charge is 2.47. The number of nitrogens with one attached hydrogen (secondary N) is 2. The highest BCUT2D eigenvalue weighted by atomic mass is 19.1. The van der Waals surface area contributed by atoms with E-state index in [1.54, 1.807) is 0 Å². The Hall–Kier alpha value is -3.30. The molecule has 160 valence electrons. The van der Waals surface area contributed by atoms with E-state index >= 15 is 0 Å². The molecule has 30 heavy (non-hydrogen) atoms. The molecule has 2 atom stereocenters. The van der Waals surface area contributed by atoms with Crippen LogP contribution in [0.3, 0.4) is 0 Å². The first-order valence-corrected chi connectivity index (χ1v) is 9.73. The molecule has 0 aromatic heterocycles. The number of halogens is 1. The summed E-state index contributed by atoms with van der Waals surface area (Å²) in [4.78, 5) is 61.0. The van der Waals surface area contributed by atoms with Crippen molar-refractivity contribution >= 4 is 35.4 Å². The first-order chi connectivity index (χ1) is 14.4. The number of amides is 5. The zero-order valence-electron chi connectivity index (χ0n) is 16.2. The molecule has 1 aromatic carbocycles. The lowest BCUT2D eigenvalue weighted by Crippen LogP contribution is -2.38. The van der Waals surface area contributed by atoms with Gasteiger partial charge in [-0.05, 0) is 25.0 Å². The van der Waals surface area contributed by atoms with Gasteiger partial charge in [-0.2, -0.15) is 0 Å². The van der Waals surface area contributed by atoms with Crippen LogP contribution in [0.2, 0.25) is 0 Å². The zero-order chi connectivity index (χ0) is 21.7. The van der Waals surface area contributed by atoms with E-state index in [-0.39, 0.29) is 42.3 Å². The molecular weight excluding hydrogens is 397 g/mol. The van der Waals surface area contributed by atoms with Gasteiger partial charge in [0.15, 0.2) is 6.61 Å². The molecule has 1 heterocycles. The lowest BCUT2D eigenvalue weighted by molar-refractivity contribution is -0.149. The number of urea groups is 1. The molecule has 0 radical (unpaired) electrons. The Morgan fingerprint density at radius 1 is 1.07 bits per heavy atom. The van der Waals surface area contributed by atoms with Gasteiger partial charge in [-0.15, -0.1) is 0 Å². The largest absolute Gasteiger partial charge is 0.456 e. The lowest BCUT2D eigenvalue weighted by Gasteiger charge is -2.19. The van der Waals surface area contributed by atoms with Crippen molar-refractivity contribution in [3.63, 3.8) is 0 Å². The highest BCUT2D eigenvalue weighted by molar-refractivity contribution is 6.05. The van der Waals surface area contributed by atoms with Crippen molar-refractivity contribution in [1.82, 2.24) is 10.2 Å². The molecule has 2 aliphatic rings. The van der Waals surface area contributed by atoms with Crippen molar-refractivity contribution in [2.24, 2.45) is 11.8 Å². The summed E-state index contributed by atoms with van der Waals surface area (Å²) >= 11 is 0. The number of anilines is 1. The van der Waals surface area contributed by atoms with Gasteiger partial charge in [-0.3, -0.25) is 29.4 Å². The lowest BCUT2D eigenvalue weighted by atomic mass is 9.81. The molecule has 2 N–H and O–H groups in total. The van der Waals surface area contributed by atoms with Crippen molar-refractivity contribution in [2.45, 2.75) is 32.1 Å². The minimum Gasteiger partial charge on any atom is -0.456 e. The van der Waals surface area contributed by atoms with Crippen molar-refractivity contribution < 1.29 is 33.1 Å². The molecule has 1 aliphatic carbocycles. The molecule has 2 fully saturated rings. The number of carbonyl (C=O) groups excluding carboxylic acids is 5. The van der Waals surface area contributed by atoms with Crippen LogP contribution < -0.4 is 10.6 Å². The van der Waals surface area contributed by atoms with E-state index < -0.39 is 30.3 Å². The number of likely N-dealkylation sites (tertiary alicyclic amines) is 1. The molecule has 1 saturated heterocycles. The maximum Gasteiger partial charge on any atom is 0.326 e. The number of carbonyl (C=O) groups is 5. The first-order valence-electron chi connectivity index (χ1n) is 9.73. The summed E-state index contributed by atoms with van der Waals surface area (Å²) in [5.41, 5.74) is -0.111. The van der Waals surface area contributed by atoms with Gasteiger partial charge < -0.3 is 10.1 Å². The Balaban J connectivity index is 1.38. The Labute approximate surface area is 171 Å². The summed E-state index contributed by atoms with van der Waals surface area (Å²) in [5, 5.41) is 4.06. The average Bonchev–Trinajstić information content (AvgIpc) is 2.97. The van der Waals surface area contributed by atoms with Crippen LogP contribution in [-0.4, -0.2) is 47.8 Å². The predicted molar refractivity (Wildman–Crippen MR) is 101 cm³/mol. The second-order valence-electron chi connectivity index (χ2n) is 7.22. The molecule has 10 heteroatoms. The molecule has 3 rings (SSSR count). The fraction of sp³-hybridized carbons (Fsp3) is 0.450. The number of hydrogen-bond acceptors (Lipinski definition) is 6. The standard InChI is InChI=1S/C20H22FN3O6/c21-14-7-3-4-8-15(14)22-20(29)23-16(25)11-30-17(26)9-10-24-18(27)12-5-1-2-6-13(12)19(24)28/h3-4,7-8,12-13H,1-2,5-6,9-11H2,(H2,22,23,25,29)/t12-,13+. The smallest absolute Gasteiger partial charge is 0.326 e. The van der Waals surface area contributed by atoms with Crippen LogP contribution >= 0.6 is 0 Å². The summed E-state index contributed by atoms with van der Waals surface area (Å²) in [5.74, 6) is -3.44. The number of rotatable bonds is 6. The van der Waals surface area contributed by atoms with Crippen LogP contribution in [0.5, 0.6) is 0 Å². The van der Waals surface area contributed by atoms with E-state index in [4.69, 9.17) is 4.74 Å². The number of ether oxygens (including phenoxy) is 1. The van der Waals surface area contributed by atoms with Gasteiger partial charge in [0.1, 0.15) is 5.82 Å². The maximum atomic E-state index is 13.5. The van der Waals surface area contributed by atoms with E-state index in [9.17, 15) is 28.4 Å². The van der Waals surface area contributed by atoms with Gasteiger partial charge in [0, 0.05) is 6.54 Å². The van der Waals surface area contributed by atoms with Crippen LogP contribution in [0.4, 0.5) is 14.9 Å². The van der Waals surface area contributed by atoms with Crippen LogP contribution in [0.1, 0.15) is 32.1 Å². The van der Waals surface area contributed by atoms with Crippen molar-refractivity contribution in [3.8, 4) is 0 Å². The van der Waals surface area contributed by atoms with E-state index in [0.29, 0.717) is 12.8 Å². The first kappa shape index (κ1) is 21.4. The molecule has 5 amide bonds. The minimum absolute atomic E-state index is 0.0983. The number of para-hydroxylation sites is 1. The average molecular weight is 419 g/mol. The second kappa shape index (κ2) is 9.47. The summed E-state index contributed by atoms with van der Waals surface area (Å²) in [7, 11) is 0. The normalized spacial score (nSPS) is 20.5.